The summed E-state index contributed by atoms with van der Waals surface area (Å²) in [4.78, 5) is 19.3. The highest BCUT2D eigenvalue weighted by atomic mass is 16.2. The summed E-state index contributed by atoms with van der Waals surface area (Å²) >= 11 is 0. The molecule has 3 heteroatoms. The molecule has 2 aliphatic rings. The Labute approximate surface area is 166 Å². The number of hydrogen-bond donors (Lipinski definition) is 1. The third kappa shape index (κ3) is 2.53. The van der Waals surface area contributed by atoms with Crippen LogP contribution in [0.3, 0.4) is 0 Å². The molecule has 2 aromatic carbocycles. The summed E-state index contributed by atoms with van der Waals surface area (Å²) in [6, 6.07) is 19.0. The second-order valence-corrected chi connectivity index (χ2v) is 8.12. The number of aromatic nitrogens is 1. The number of carbonyl (C=O) groups is 1. The van der Waals surface area contributed by atoms with E-state index in [1.165, 1.54) is 34.2 Å². The highest BCUT2D eigenvalue weighted by Crippen LogP contribution is 2.50. The van der Waals surface area contributed by atoms with E-state index in [1.54, 1.807) is 0 Å². The van der Waals surface area contributed by atoms with E-state index >= 15 is 0 Å². The first-order valence-corrected chi connectivity index (χ1v) is 10.3. The molecule has 28 heavy (non-hydrogen) atoms. The lowest BCUT2D eigenvalue weighted by molar-refractivity contribution is -0.129. The van der Waals surface area contributed by atoms with Gasteiger partial charge in [0, 0.05) is 27.7 Å². The molecule has 0 bridgehead atoms. The van der Waals surface area contributed by atoms with Crippen molar-refractivity contribution in [3.8, 4) is 0 Å². The van der Waals surface area contributed by atoms with Gasteiger partial charge in [0.1, 0.15) is 0 Å². The quantitative estimate of drug-likeness (QED) is 0.604. The van der Waals surface area contributed by atoms with Crippen molar-refractivity contribution >= 4 is 16.8 Å². The van der Waals surface area contributed by atoms with E-state index in [0.29, 0.717) is 0 Å². The molecule has 0 unspecified atom stereocenters. The molecule has 1 aliphatic heterocycles. The number of amides is 1. The van der Waals surface area contributed by atoms with Gasteiger partial charge in [-0.2, -0.15) is 0 Å². The number of H-pyrrole nitrogens is 1. The zero-order valence-electron chi connectivity index (χ0n) is 16.5. The monoisotopic (exact) mass is 370 g/mol. The molecule has 1 aromatic heterocycles. The van der Waals surface area contributed by atoms with E-state index in [-0.39, 0.29) is 18.0 Å². The summed E-state index contributed by atoms with van der Waals surface area (Å²) in [6.07, 6.45) is 4.25. The fourth-order valence-electron chi connectivity index (χ4n) is 5.17. The summed E-state index contributed by atoms with van der Waals surface area (Å²) < 4.78 is 0. The average molecular weight is 370 g/mol. The summed E-state index contributed by atoms with van der Waals surface area (Å²) in [5.41, 5.74) is 7.22. The van der Waals surface area contributed by atoms with Crippen molar-refractivity contribution < 1.29 is 4.79 Å². The van der Waals surface area contributed by atoms with E-state index in [4.69, 9.17) is 0 Å². The van der Waals surface area contributed by atoms with Crippen molar-refractivity contribution in [2.24, 2.45) is 0 Å². The van der Waals surface area contributed by atoms with Gasteiger partial charge in [0.25, 0.3) is 5.91 Å². The molecule has 1 amide bonds. The second kappa shape index (κ2) is 6.66. The van der Waals surface area contributed by atoms with Gasteiger partial charge in [-0.05, 0) is 56.7 Å². The molecule has 3 aromatic rings. The summed E-state index contributed by atoms with van der Waals surface area (Å²) in [6.45, 7) is 4.31. The van der Waals surface area contributed by atoms with Gasteiger partial charge >= 0.3 is 0 Å². The van der Waals surface area contributed by atoms with Crippen LogP contribution >= 0.6 is 0 Å². The van der Waals surface area contributed by atoms with Gasteiger partial charge in [0.05, 0.1) is 12.1 Å². The predicted molar refractivity (Wildman–Crippen MR) is 113 cm³/mol. The molecule has 2 heterocycles. The minimum absolute atomic E-state index is 0.0363. The number of para-hydroxylation sites is 1. The molecule has 0 spiro atoms. The van der Waals surface area contributed by atoms with E-state index < -0.39 is 0 Å². The van der Waals surface area contributed by atoms with Crippen LogP contribution in [0.15, 0.2) is 65.7 Å². The minimum atomic E-state index is 0.0363. The number of aryl methyl sites for hydroxylation is 1. The van der Waals surface area contributed by atoms with Crippen molar-refractivity contribution in [2.45, 2.75) is 51.6 Å². The van der Waals surface area contributed by atoms with Crippen LogP contribution in [0.1, 0.15) is 61.5 Å². The van der Waals surface area contributed by atoms with Crippen LogP contribution in [0.5, 0.6) is 0 Å². The van der Waals surface area contributed by atoms with Crippen molar-refractivity contribution in [1.29, 1.82) is 0 Å². The molecular weight excluding hydrogens is 344 g/mol. The number of fused-ring (bicyclic) bond motifs is 1. The average Bonchev–Trinajstić information content (AvgIpc) is 3.21. The molecule has 0 fully saturated rings. The zero-order valence-corrected chi connectivity index (χ0v) is 16.5. The van der Waals surface area contributed by atoms with Crippen molar-refractivity contribution in [3.63, 3.8) is 0 Å². The number of aromatic amines is 1. The molecule has 0 saturated heterocycles. The molecule has 0 saturated carbocycles. The molecular formula is C25H26N2O. The molecule has 1 aliphatic carbocycles. The standard InChI is InChI=1S/C25H26N2O/c1-16-23(21-14-8-9-15-22(21)26-16)24-19-12-6-7-13-20(19)25(28)27(24)17(2)18-10-4-3-5-11-18/h3-5,8-11,14-15,17,24,26H,6-7,12-13H2,1-2H3/t17-,24+/m0/s1. The largest absolute Gasteiger partial charge is 0.358 e. The number of carbonyl (C=O) groups excluding carboxylic acids is 1. The Kier molecular flexibility index (Phi) is 4.12. The first-order chi connectivity index (χ1) is 13.7. The molecule has 1 N–H and O–H groups in total. The minimum Gasteiger partial charge on any atom is -0.358 e. The second-order valence-electron chi connectivity index (χ2n) is 8.12. The van der Waals surface area contributed by atoms with Gasteiger partial charge in [-0.1, -0.05) is 48.5 Å². The molecule has 2 atom stereocenters. The third-order valence-electron chi connectivity index (χ3n) is 6.53. The number of hydrogen-bond acceptors (Lipinski definition) is 1. The summed E-state index contributed by atoms with van der Waals surface area (Å²) in [5.74, 6) is 0.237. The number of nitrogens with zero attached hydrogens (tertiary/aromatic N) is 1. The SMILES string of the molecule is Cc1[nH]c2ccccc2c1[C@H]1C2=C(CCCC2)C(=O)N1[C@@H](C)c1ccccc1. The smallest absolute Gasteiger partial charge is 0.251 e. The van der Waals surface area contributed by atoms with Crippen LogP contribution in [0.25, 0.3) is 10.9 Å². The number of nitrogens with one attached hydrogen (secondary N) is 1. The Morgan fingerprint density at radius 1 is 1.00 bits per heavy atom. The van der Waals surface area contributed by atoms with Crippen molar-refractivity contribution in [2.75, 3.05) is 0 Å². The van der Waals surface area contributed by atoms with Crippen LogP contribution in [-0.2, 0) is 4.79 Å². The van der Waals surface area contributed by atoms with Crippen LogP contribution in [0.4, 0.5) is 0 Å². The maximum Gasteiger partial charge on any atom is 0.251 e. The van der Waals surface area contributed by atoms with Gasteiger partial charge in [-0.25, -0.2) is 0 Å². The number of benzene rings is 2. The third-order valence-corrected chi connectivity index (χ3v) is 6.53. The Hall–Kier alpha value is -2.81. The van der Waals surface area contributed by atoms with E-state index in [1.807, 2.05) is 6.07 Å². The Balaban J connectivity index is 1.70. The van der Waals surface area contributed by atoms with Gasteiger partial charge < -0.3 is 9.88 Å². The maximum atomic E-state index is 13.6. The molecule has 0 radical (unpaired) electrons. The Bertz CT molecular complexity index is 1080. The van der Waals surface area contributed by atoms with Gasteiger partial charge in [-0.15, -0.1) is 0 Å². The normalized spacial score (nSPS) is 20.7. The summed E-state index contributed by atoms with van der Waals surface area (Å²) in [7, 11) is 0. The van der Waals surface area contributed by atoms with E-state index in [9.17, 15) is 4.79 Å². The van der Waals surface area contributed by atoms with Gasteiger partial charge in [0.2, 0.25) is 0 Å². The highest BCUT2D eigenvalue weighted by Gasteiger charge is 2.44. The fourth-order valence-corrected chi connectivity index (χ4v) is 5.17. The van der Waals surface area contributed by atoms with Crippen LogP contribution in [0, 0.1) is 6.92 Å². The molecule has 142 valence electrons. The fraction of sp³-hybridized carbons (Fsp3) is 0.320. The van der Waals surface area contributed by atoms with Crippen LogP contribution in [-0.4, -0.2) is 15.8 Å². The predicted octanol–water partition coefficient (Wildman–Crippen LogP) is 5.99. The lowest BCUT2D eigenvalue weighted by Crippen LogP contribution is -2.33. The number of rotatable bonds is 3. The lowest BCUT2D eigenvalue weighted by atomic mass is 9.86. The maximum absolute atomic E-state index is 13.6. The first-order valence-electron chi connectivity index (χ1n) is 10.3. The molecule has 3 nitrogen and oxygen atoms in total. The summed E-state index contributed by atoms with van der Waals surface area (Å²) in [5, 5.41) is 1.24. The van der Waals surface area contributed by atoms with Gasteiger partial charge in [-0.3, -0.25) is 4.79 Å². The lowest BCUT2D eigenvalue weighted by Gasteiger charge is -2.33. The first kappa shape index (κ1) is 17.3. The zero-order chi connectivity index (χ0) is 19.3. The van der Waals surface area contributed by atoms with E-state index in [2.05, 4.69) is 72.3 Å². The van der Waals surface area contributed by atoms with E-state index in [0.717, 1.165) is 30.4 Å². The highest BCUT2D eigenvalue weighted by molar-refractivity contribution is 5.99. The van der Waals surface area contributed by atoms with Crippen LogP contribution in [0.2, 0.25) is 0 Å². The Morgan fingerprint density at radius 3 is 2.54 bits per heavy atom. The van der Waals surface area contributed by atoms with Gasteiger partial charge in [0.15, 0.2) is 0 Å². The topological polar surface area (TPSA) is 36.1 Å². The van der Waals surface area contributed by atoms with Crippen LogP contribution < -0.4 is 0 Å². The van der Waals surface area contributed by atoms with Crippen molar-refractivity contribution in [3.05, 3.63) is 82.6 Å². The Morgan fingerprint density at radius 2 is 1.71 bits per heavy atom. The van der Waals surface area contributed by atoms with Crippen molar-refractivity contribution in [1.82, 2.24) is 9.88 Å². The molecule has 5 rings (SSSR count).